The van der Waals surface area contributed by atoms with Crippen LogP contribution in [-0.4, -0.2) is 78.0 Å². The lowest BCUT2D eigenvalue weighted by molar-refractivity contribution is -0.0930. The number of aliphatic hydroxyl groups is 1. The molecule has 3 heterocycles. The summed E-state index contributed by atoms with van der Waals surface area (Å²) >= 11 is 0. The second kappa shape index (κ2) is 13.2. The summed E-state index contributed by atoms with van der Waals surface area (Å²) in [6.45, 7) is 0.0657. The topological polar surface area (TPSA) is 123 Å². The van der Waals surface area contributed by atoms with Gasteiger partial charge in [0.2, 0.25) is 5.95 Å². The number of methoxy groups -OCH3 is 2. The predicted molar refractivity (Wildman–Crippen MR) is 175 cm³/mol. The Morgan fingerprint density at radius 3 is 2.17 bits per heavy atom. The van der Waals surface area contributed by atoms with Crippen molar-refractivity contribution >= 4 is 23.3 Å². The highest BCUT2D eigenvalue weighted by Gasteiger charge is 2.42. The maximum atomic E-state index is 12.8. The molecule has 1 aliphatic rings. The molecule has 0 saturated carbocycles. The van der Waals surface area contributed by atoms with Crippen LogP contribution in [0.2, 0.25) is 0 Å². The van der Waals surface area contributed by atoms with E-state index in [-0.39, 0.29) is 24.5 Å². The first kappa shape index (κ1) is 31.0. The number of aromatic nitrogens is 3. The van der Waals surface area contributed by atoms with Gasteiger partial charge in [-0.3, -0.25) is 9.78 Å². The van der Waals surface area contributed by atoms with Gasteiger partial charge in [-0.25, -0.2) is 4.99 Å². The third-order valence-electron chi connectivity index (χ3n) is 8.13. The Balaban J connectivity index is 1.35. The standard InChI is InChI=1S/C35H37N5O6/c1-39(2)22-36-34-37-32-28(33(42)38-34)18-19-40(32)31-20-29(41)30(46-31)21-45-35(23-8-6-5-7-9-23,24-10-14-26(43-3)15-11-24)25-12-16-27(44-4)17-13-25/h5-19,22,29-31,41H,20-21H2,1-4H3,(H,37,38,42). The summed E-state index contributed by atoms with van der Waals surface area (Å²) in [5, 5.41) is 11.7. The minimum absolute atomic E-state index is 0.0657. The third kappa shape index (κ3) is 6.00. The van der Waals surface area contributed by atoms with Crippen LogP contribution < -0.4 is 15.0 Å². The number of ether oxygens (including phenoxy) is 4. The van der Waals surface area contributed by atoms with Crippen LogP contribution in [0.1, 0.15) is 29.3 Å². The summed E-state index contributed by atoms with van der Waals surface area (Å²) in [6.07, 6.45) is 1.51. The molecule has 3 atom stereocenters. The van der Waals surface area contributed by atoms with E-state index in [1.807, 2.05) is 93.0 Å². The molecular weight excluding hydrogens is 586 g/mol. The van der Waals surface area contributed by atoms with Crippen LogP contribution in [0.3, 0.4) is 0 Å². The molecule has 11 nitrogen and oxygen atoms in total. The highest BCUT2D eigenvalue weighted by atomic mass is 16.6. The van der Waals surface area contributed by atoms with Crippen molar-refractivity contribution in [1.29, 1.82) is 0 Å². The van der Waals surface area contributed by atoms with Gasteiger partial charge >= 0.3 is 0 Å². The van der Waals surface area contributed by atoms with Crippen LogP contribution in [0, 0.1) is 0 Å². The van der Waals surface area contributed by atoms with Crippen LogP contribution in [-0.2, 0) is 15.1 Å². The fourth-order valence-electron chi connectivity index (χ4n) is 5.81. The Labute approximate surface area is 266 Å². The summed E-state index contributed by atoms with van der Waals surface area (Å²) in [4.78, 5) is 26.0. The van der Waals surface area contributed by atoms with Gasteiger partial charge in [-0.15, -0.1) is 0 Å². The van der Waals surface area contributed by atoms with Crippen molar-refractivity contribution in [2.45, 2.75) is 30.5 Å². The molecule has 0 amide bonds. The van der Waals surface area contributed by atoms with Gasteiger partial charge in [0.05, 0.1) is 38.7 Å². The normalized spacial score (nSPS) is 18.3. The molecule has 0 spiro atoms. The molecular formula is C35H37N5O6. The van der Waals surface area contributed by atoms with Gasteiger partial charge in [-0.1, -0.05) is 54.6 Å². The van der Waals surface area contributed by atoms with Crippen molar-refractivity contribution < 1.29 is 24.1 Å². The molecule has 238 valence electrons. The number of nitrogens with zero attached hydrogens (tertiary/aromatic N) is 4. The van der Waals surface area contributed by atoms with Crippen LogP contribution in [0.5, 0.6) is 11.5 Å². The van der Waals surface area contributed by atoms with Gasteiger partial charge in [0.15, 0.2) is 5.65 Å². The van der Waals surface area contributed by atoms with E-state index in [2.05, 4.69) is 15.0 Å². The lowest BCUT2D eigenvalue weighted by Gasteiger charge is -2.37. The summed E-state index contributed by atoms with van der Waals surface area (Å²) in [5.41, 5.74) is 1.71. The number of fused-ring (bicyclic) bond motifs is 1. The van der Waals surface area contributed by atoms with E-state index in [1.165, 1.54) is 0 Å². The largest absolute Gasteiger partial charge is 0.497 e. The fraction of sp³-hybridized carbons (Fsp3) is 0.286. The molecule has 2 N–H and O–H groups in total. The summed E-state index contributed by atoms with van der Waals surface area (Å²) in [7, 11) is 6.92. The number of hydrogen-bond donors (Lipinski definition) is 2. The van der Waals surface area contributed by atoms with Crippen LogP contribution in [0.4, 0.5) is 5.95 Å². The van der Waals surface area contributed by atoms with E-state index in [0.717, 1.165) is 28.2 Å². The lowest BCUT2D eigenvalue weighted by atomic mass is 9.80. The fourth-order valence-corrected chi connectivity index (χ4v) is 5.81. The number of aliphatic hydroxyl groups excluding tert-OH is 1. The minimum atomic E-state index is -1.06. The number of aromatic amines is 1. The first-order chi connectivity index (χ1) is 22.3. The van der Waals surface area contributed by atoms with Crippen LogP contribution in [0.25, 0.3) is 11.0 Å². The average Bonchev–Trinajstić information content (AvgIpc) is 3.68. The molecule has 46 heavy (non-hydrogen) atoms. The zero-order chi connectivity index (χ0) is 32.3. The number of nitrogens with one attached hydrogen (secondary N) is 1. The van der Waals surface area contributed by atoms with E-state index in [4.69, 9.17) is 18.9 Å². The monoisotopic (exact) mass is 623 g/mol. The molecule has 0 aliphatic carbocycles. The molecule has 5 aromatic rings. The van der Waals surface area contributed by atoms with E-state index in [1.54, 1.807) is 42.3 Å². The molecule has 1 saturated heterocycles. The smallest absolute Gasteiger partial charge is 0.261 e. The molecule has 1 fully saturated rings. The van der Waals surface area contributed by atoms with Crippen LogP contribution in [0.15, 0.2) is 101 Å². The molecule has 6 rings (SSSR count). The maximum Gasteiger partial charge on any atom is 0.261 e. The van der Waals surface area contributed by atoms with E-state index in [9.17, 15) is 9.90 Å². The van der Waals surface area contributed by atoms with Crippen molar-refractivity contribution in [3.8, 4) is 11.5 Å². The molecule has 3 unspecified atom stereocenters. The Hall–Kier alpha value is -4.97. The second-order valence-corrected chi connectivity index (χ2v) is 11.3. The van der Waals surface area contributed by atoms with Gasteiger partial charge in [0.25, 0.3) is 5.56 Å². The van der Waals surface area contributed by atoms with Gasteiger partial charge in [-0.05, 0) is 47.0 Å². The van der Waals surface area contributed by atoms with Crippen LogP contribution >= 0.6 is 0 Å². The Kier molecular flexibility index (Phi) is 8.89. The first-order valence-corrected chi connectivity index (χ1v) is 15.0. The number of H-pyrrole nitrogens is 1. The molecule has 0 radical (unpaired) electrons. The quantitative estimate of drug-likeness (QED) is 0.124. The molecule has 3 aromatic carbocycles. The van der Waals surface area contributed by atoms with E-state index >= 15 is 0 Å². The maximum absolute atomic E-state index is 12.8. The number of aliphatic imine (C=N–C) groups is 1. The van der Waals surface area contributed by atoms with E-state index < -0.39 is 24.0 Å². The van der Waals surface area contributed by atoms with Crippen molar-refractivity contribution in [3.63, 3.8) is 0 Å². The van der Waals surface area contributed by atoms with Crippen molar-refractivity contribution in [2.24, 2.45) is 4.99 Å². The SMILES string of the molecule is COc1ccc(C(OCC2OC(n3ccc4c(=O)[nH]c(N=CN(C)C)nc43)CC2O)(c2ccccc2)c2ccc(OC)cc2)cc1. The molecule has 2 aromatic heterocycles. The molecule has 1 aliphatic heterocycles. The lowest BCUT2D eigenvalue weighted by Crippen LogP contribution is -2.38. The third-order valence-corrected chi connectivity index (χ3v) is 8.13. The Morgan fingerprint density at radius 1 is 0.978 bits per heavy atom. The zero-order valence-corrected chi connectivity index (χ0v) is 26.2. The number of rotatable bonds is 11. The summed E-state index contributed by atoms with van der Waals surface area (Å²) < 4.78 is 26.1. The highest BCUT2D eigenvalue weighted by Crippen LogP contribution is 2.43. The van der Waals surface area contributed by atoms with Gasteiger partial charge < -0.3 is 33.5 Å². The predicted octanol–water partition coefficient (Wildman–Crippen LogP) is 4.62. The Morgan fingerprint density at radius 2 is 1.59 bits per heavy atom. The second-order valence-electron chi connectivity index (χ2n) is 11.3. The summed E-state index contributed by atoms with van der Waals surface area (Å²) in [6, 6.07) is 27.2. The van der Waals surface area contributed by atoms with Gasteiger partial charge in [0.1, 0.15) is 29.4 Å². The molecule has 11 heteroatoms. The first-order valence-electron chi connectivity index (χ1n) is 15.0. The minimum Gasteiger partial charge on any atom is -0.497 e. The average molecular weight is 624 g/mol. The van der Waals surface area contributed by atoms with Gasteiger partial charge in [0, 0.05) is 26.7 Å². The molecule has 0 bridgehead atoms. The van der Waals surface area contributed by atoms with Crippen molar-refractivity contribution in [3.05, 3.63) is 118 Å². The van der Waals surface area contributed by atoms with Crippen molar-refractivity contribution in [2.75, 3.05) is 34.9 Å². The number of benzene rings is 3. The van der Waals surface area contributed by atoms with E-state index in [0.29, 0.717) is 11.0 Å². The van der Waals surface area contributed by atoms with Crippen molar-refractivity contribution in [1.82, 2.24) is 19.4 Å². The van der Waals surface area contributed by atoms with Gasteiger partial charge in [-0.2, -0.15) is 4.98 Å². The highest BCUT2D eigenvalue weighted by molar-refractivity contribution is 5.76. The summed E-state index contributed by atoms with van der Waals surface area (Å²) in [5.74, 6) is 1.62. The Bertz CT molecular complexity index is 1800. The number of hydrogen-bond acceptors (Lipinski definition) is 8. The zero-order valence-electron chi connectivity index (χ0n) is 26.2.